The van der Waals surface area contributed by atoms with Crippen LogP contribution in [0, 0.1) is 11.3 Å². The average molecular weight is 595 g/mol. The second-order valence-corrected chi connectivity index (χ2v) is 12.1. The number of fused-ring (bicyclic) bond motifs is 1. The summed E-state index contributed by atoms with van der Waals surface area (Å²) in [5, 5.41) is 17.4. The lowest BCUT2D eigenvalue weighted by atomic mass is 9.96. The number of anilines is 1. The molecule has 0 spiro atoms. The number of nitriles is 1. The summed E-state index contributed by atoms with van der Waals surface area (Å²) >= 11 is 0. The highest BCUT2D eigenvalue weighted by Gasteiger charge is 2.37. The molecule has 216 valence electrons. The van der Waals surface area contributed by atoms with Gasteiger partial charge in [0.1, 0.15) is 11.2 Å². The molecule has 1 atom stereocenters. The molecule has 14 heteroatoms. The smallest absolute Gasteiger partial charge is 0.387 e. The van der Waals surface area contributed by atoms with Gasteiger partial charge in [0, 0.05) is 11.1 Å². The molecule has 4 aromatic rings. The van der Waals surface area contributed by atoms with Crippen LogP contribution < -0.4 is 15.4 Å². The van der Waals surface area contributed by atoms with Gasteiger partial charge in [-0.25, -0.2) is 8.42 Å². The lowest BCUT2D eigenvalue weighted by Gasteiger charge is -2.24. The fraction of sp³-hybridized carbons (Fsp3) is 0.250. The zero-order valence-corrected chi connectivity index (χ0v) is 23.2. The lowest BCUT2D eigenvalue weighted by Crippen LogP contribution is -2.45. The Morgan fingerprint density at radius 2 is 1.86 bits per heavy atom. The van der Waals surface area contributed by atoms with Gasteiger partial charge in [0.05, 0.1) is 46.9 Å². The summed E-state index contributed by atoms with van der Waals surface area (Å²) in [5.74, 6) is -1.09. The molecule has 11 nitrogen and oxygen atoms in total. The fourth-order valence-electron chi connectivity index (χ4n) is 4.33. The van der Waals surface area contributed by atoms with E-state index in [4.69, 9.17) is 10.2 Å². The van der Waals surface area contributed by atoms with Crippen LogP contribution >= 0.6 is 0 Å². The molecule has 42 heavy (non-hydrogen) atoms. The topological polar surface area (TPSA) is 165 Å². The Hall–Kier alpha value is -4.74. The Kier molecular flexibility index (Phi) is 7.48. The van der Waals surface area contributed by atoms with Crippen molar-refractivity contribution in [2.45, 2.75) is 43.4 Å². The molecule has 1 aliphatic rings. The van der Waals surface area contributed by atoms with Gasteiger partial charge in [-0.3, -0.25) is 9.78 Å². The Morgan fingerprint density at radius 1 is 1.14 bits per heavy atom. The maximum Gasteiger partial charge on any atom is 0.387 e. The number of hydrogen-bond donors (Lipinski definition) is 1. The number of carbonyl (C=O) groups excluding carboxylic acids is 1. The number of aromatic nitrogens is 3. The molecule has 0 aliphatic carbocycles. The van der Waals surface area contributed by atoms with Crippen LogP contribution in [0.25, 0.3) is 22.7 Å². The average Bonchev–Trinajstić information content (AvgIpc) is 3.45. The maximum atomic E-state index is 13.4. The van der Waals surface area contributed by atoms with Crippen molar-refractivity contribution >= 4 is 21.4 Å². The van der Waals surface area contributed by atoms with E-state index in [0.717, 1.165) is 0 Å². The van der Waals surface area contributed by atoms with Crippen LogP contribution in [0.2, 0.25) is 0 Å². The minimum atomic E-state index is -3.92. The molecule has 0 saturated carbocycles. The monoisotopic (exact) mass is 594 g/mol. The van der Waals surface area contributed by atoms with Crippen LogP contribution in [0.4, 0.5) is 14.5 Å². The van der Waals surface area contributed by atoms with E-state index < -0.39 is 39.6 Å². The molecule has 1 aliphatic heterocycles. The molecule has 1 amide bonds. The second kappa shape index (κ2) is 10.9. The Bertz CT molecular complexity index is 1780. The number of sulfone groups is 1. The van der Waals surface area contributed by atoms with E-state index in [1.165, 1.54) is 41.4 Å². The number of benzene rings is 2. The minimum Gasteiger partial charge on any atom is -0.433 e. The number of nitrogens with two attached hydrogens (primary N) is 1. The van der Waals surface area contributed by atoms with E-state index in [2.05, 4.69) is 26.0 Å². The van der Waals surface area contributed by atoms with Crippen molar-refractivity contribution in [3.05, 3.63) is 72.2 Å². The third-order valence-corrected chi connectivity index (χ3v) is 8.42. The molecule has 2 aromatic carbocycles. The molecule has 3 heterocycles. The molecule has 0 unspecified atom stereocenters. The largest absolute Gasteiger partial charge is 0.433 e. The van der Waals surface area contributed by atoms with E-state index in [0.29, 0.717) is 22.4 Å². The fourth-order valence-corrected chi connectivity index (χ4v) is 5.89. The summed E-state index contributed by atoms with van der Waals surface area (Å²) in [6, 6.07) is 15.0. The quantitative estimate of drug-likeness (QED) is 0.332. The van der Waals surface area contributed by atoms with Crippen LogP contribution in [0.5, 0.6) is 5.75 Å². The first-order valence-electron chi connectivity index (χ1n) is 12.6. The van der Waals surface area contributed by atoms with Gasteiger partial charge in [0.15, 0.2) is 9.84 Å². The van der Waals surface area contributed by atoms with Crippen molar-refractivity contribution in [3.8, 4) is 34.5 Å². The van der Waals surface area contributed by atoms with Crippen LogP contribution in [0.3, 0.4) is 0 Å². The van der Waals surface area contributed by atoms with Crippen molar-refractivity contribution in [2.24, 2.45) is 5.73 Å². The molecule has 0 bridgehead atoms. The van der Waals surface area contributed by atoms with Gasteiger partial charge in [0.2, 0.25) is 17.7 Å². The number of pyridine rings is 1. The lowest BCUT2D eigenvalue weighted by molar-refractivity contribution is -0.119. The van der Waals surface area contributed by atoms with Gasteiger partial charge in [-0.15, -0.1) is 10.2 Å². The van der Waals surface area contributed by atoms with E-state index in [9.17, 15) is 27.3 Å². The van der Waals surface area contributed by atoms with E-state index >= 15 is 0 Å². The maximum absolute atomic E-state index is 13.4. The normalized spacial score (nSPS) is 16.5. The summed E-state index contributed by atoms with van der Waals surface area (Å²) in [6.07, 6.45) is 1.19. The van der Waals surface area contributed by atoms with Gasteiger partial charge in [-0.05, 0) is 49.7 Å². The number of halogens is 2. The summed E-state index contributed by atoms with van der Waals surface area (Å²) < 4.78 is 61.2. The molecule has 5 rings (SSSR count). The van der Waals surface area contributed by atoms with Crippen molar-refractivity contribution in [3.63, 3.8) is 0 Å². The molecule has 0 radical (unpaired) electrons. The third-order valence-electron chi connectivity index (χ3n) is 6.61. The number of rotatable bonds is 7. The molecular weight excluding hydrogens is 570 g/mol. The van der Waals surface area contributed by atoms with Gasteiger partial charge in [0.25, 0.3) is 0 Å². The highest BCUT2D eigenvalue weighted by molar-refractivity contribution is 7.91. The summed E-state index contributed by atoms with van der Waals surface area (Å²) in [4.78, 5) is 18.8. The van der Waals surface area contributed by atoms with Gasteiger partial charge in [-0.1, -0.05) is 24.3 Å². The van der Waals surface area contributed by atoms with Crippen molar-refractivity contribution in [1.29, 1.82) is 5.26 Å². The Labute approximate surface area is 239 Å². The zero-order chi connectivity index (χ0) is 30.2. The molecule has 2 aromatic heterocycles. The second-order valence-electron chi connectivity index (χ2n) is 10.1. The van der Waals surface area contributed by atoms with Gasteiger partial charge in [-0.2, -0.15) is 14.0 Å². The van der Waals surface area contributed by atoms with E-state index in [1.54, 1.807) is 38.1 Å². The summed E-state index contributed by atoms with van der Waals surface area (Å²) in [6.45, 7) is 0.273. The SMILES string of the molecule is CC(C)(C#N)c1nnc(-c2ccc3c(c2)N(Cc2ccc(-c4ccc(OC(F)F)cn4)cc2)C(=O)[C@@H](N)CS3(=O)=O)o1. The predicted octanol–water partition coefficient (Wildman–Crippen LogP) is 3.85. The minimum absolute atomic E-state index is 0.00999. The molecular formula is C28H24F2N6O5S. The number of amides is 1. The first-order valence-corrected chi connectivity index (χ1v) is 14.2. The summed E-state index contributed by atoms with van der Waals surface area (Å²) in [7, 11) is -3.92. The zero-order valence-electron chi connectivity index (χ0n) is 22.4. The first kappa shape index (κ1) is 28.8. The van der Waals surface area contributed by atoms with Gasteiger partial charge < -0.3 is 19.8 Å². The van der Waals surface area contributed by atoms with Crippen LogP contribution in [0.15, 0.2) is 70.1 Å². The van der Waals surface area contributed by atoms with E-state index in [-0.39, 0.29) is 34.7 Å². The Morgan fingerprint density at radius 3 is 2.50 bits per heavy atom. The number of nitrogens with zero attached hydrogens (tertiary/aromatic N) is 5. The molecule has 0 saturated heterocycles. The van der Waals surface area contributed by atoms with Crippen LogP contribution in [-0.2, 0) is 26.6 Å². The van der Waals surface area contributed by atoms with Crippen molar-refractivity contribution in [1.82, 2.24) is 15.2 Å². The number of ether oxygens (including phenoxy) is 1. The van der Waals surface area contributed by atoms with Crippen LogP contribution in [-0.4, -0.2) is 47.9 Å². The molecule has 2 N–H and O–H groups in total. The molecule has 0 fully saturated rings. The summed E-state index contributed by atoms with van der Waals surface area (Å²) in [5.41, 5.74) is 7.28. The third kappa shape index (κ3) is 5.69. The predicted molar refractivity (Wildman–Crippen MR) is 146 cm³/mol. The number of hydrogen-bond acceptors (Lipinski definition) is 10. The van der Waals surface area contributed by atoms with Crippen molar-refractivity contribution in [2.75, 3.05) is 10.7 Å². The highest BCUT2D eigenvalue weighted by atomic mass is 32.2. The first-order chi connectivity index (χ1) is 19.9. The standard InChI is InChI=1S/C28H24F2N6O5S/c1-28(2,15-31)26-35-34-24(41-26)18-7-10-23-22(11-18)36(25(37)20(32)14-42(23,38)39)13-16-3-5-17(6-4-16)21-9-8-19(12-33-21)40-27(29)30/h3-12,20,27H,13-14,32H2,1-2H3/t20-/m0/s1. The van der Waals surface area contributed by atoms with Gasteiger partial charge >= 0.3 is 6.61 Å². The number of alkyl halides is 2. The van der Waals surface area contributed by atoms with Crippen LogP contribution in [0.1, 0.15) is 25.3 Å². The van der Waals surface area contributed by atoms with E-state index in [1.807, 2.05) is 0 Å². The number of carbonyl (C=O) groups is 1. The van der Waals surface area contributed by atoms with Crippen molar-refractivity contribution < 1.29 is 31.1 Å². The highest BCUT2D eigenvalue weighted by Crippen LogP contribution is 2.36. The Balaban J connectivity index is 1.48.